The first-order valence-corrected chi connectivity index (χ1v) is 9.43. The average Bonchev–Trinajstić information content (AvgIpc) is 2.68. The summed E-state index contributed by atoms with van der Waals surface area (Å²) >= 11 is 5.98. The van der Waals surface area contributed by atoms with Gasteiger partial charge in [-0.25, -0.2) is 0 Å². The number of fused-ring (bicyclic) bond motifs is 1. The Morgan fingerprint density at radius 2 is 1.93 bits per heavy atom. The highest BCUT2D eigenvalue weighted by atomic mass is 35.5. The molecule has 0 bridgehead atoms. The van der Waals surface area contributed by atoms with Gasteiger partial charge in [0, 0.05) is 22.6 Å². The Morgan fingerprint density at radius 1 is 1.15 bits per heavy atom. The SMILES string of the molecule is Cc1ccc2nc(C)cc(C(=O)N3CCOC(c4ccc(Cl)cc4)C3)c2c1. The third-order valence-corrected chi connectivity index (χ3v) is 5.17. The second-order valence-electron chi connectivity index (χ2n) is 6.99. The first-order valence-electron chi connectivity index (χ1n) is 9.05. The second-order valence-corrected chi connectivity index (χ2v) is 7.43. The lowest BCUT2D eigenvalue weighted by atomic mass is 10.0. The Labute approximate surface area is 163 Å². The first kappa shape index (κ1) is 18.0. The van der Waals surface area contributed by atoms with Crippen LogP contribution in [0.15, 0.2) is 48.5 Å². The smallest absolute Gasteiger partial charge is 0.254 e. The molecule has 1 aliphatic rings. The fraction of sp³-hybridized carbons (Fsp3) is 0.273. The number of amides is 1. The number of carbonyl (C=O) groups excluding carboxylic acids is 1. The molecule has 0 saturated carbocycles. The molecule has 4 rings (SSSR count). The van der Waals surface area contributed by atoms with Gasteiger partial charge in [0.2, 0.25) is 0 Å². The number of hydrogen-bond acceptors (Lipinski definition) is 3. The van der Waals surface area contributed by atoms with E-state index >= 15 is 0 Å². The Balaban J connectivity index is 1.65. The number of nitrogens with zero attached hydrogens (tertiary/aromatic N) is 2. The number of rotatable bonds is 2. The van der Waals surface area contributed by atoms with E-state index in [-0.39, 0.29) is 12.0 Å². The van der Waals surface area contributed by atoms with Crippen LogP contribution in [0, 0.1) is 13.8 Å². The van der Waals surface area contributed by atoms with Gasteiger partial charge in [0.1, 0.15) is 6.10 Å². The summed E-state index contributed by atoms with van der Waals surface area (Å²) in [5, 5.41) is 1.59. The van der Waals surface area contributed by atoms with Gasteiger partial charge < -0.3 is 9.64 Å². The molecule has 1 atom stereocenters. The van der Waals surface area contributed by atoms with Crippen molar-refractivity contribution < 1.29 is 9.53 Å². The predicted molar refractivity (Wildman–Crippen MR) is 107 cm³/mol. The van der Waals surface area contributed by atoms with E-state index in [1.807, 2.05) is 67.3 Å². The molecule has 1 aromatic heterocycles. The summed E-state index contributed by atoms with van der Waals surface area (Å²) in [4.78, 5) is 19.8. The monoisotopic (exact) mass is 380 g/mol. The van der Waals surface area contributed by atoms with E-state index in [9.17, 15) is 4.79 Å². The number of aromatic nitrogens is 1. The molecule has 0 spiro atoms. The van der Waals surface area contributed by atoms with Crippen molar-refractivity contribution in [3.05, 3.63) is 75.9 Å². The van der Waals surface area contributed by atoms with Gasteiger partial charge in [0.25, 0.3) is 5.91 Å². The van der Waals surface area contributed by atoms with Crippen LogP contribution in [-0.4, -0.2) is 35.5 Å². The minimum Gasteiger partial charge on any atom is -0.370 e. The molecular formula is C22H21ClN2O2. The molecule has 0 radical (unpaired) electrons. The zero-order valence-electron chi connectivity index (χ0n) is 15.4. The predicted octanol–water partition coefficient (Wildman–Crippen LogP) is 4.72. The van der Waals surface area contributed by atoms with Gasteiger partial charge >= 0.3 is 0 Å². The third-order valence-electron chi connectivity index (χ3n) is 4.92. The highest BCUT2D eigenvalue weighted by Gasteiger charge is 2.27. The van der Waals surface area contributed by atoms with Crippen LogP contribution < -0.4 is 0 Å². The topological polar surface area (TPSA) is 42.4 Å². The molecule has 1 unspecified atom stereocenters. The summed E-state index contributed by atoms with van der Waals surface area (Å²) in [5.74, 6) is 0.0263. The van der Waals surface area contributed by atoms with Gasteiger partial charge in [0.15, 0.2) is 0 Å². The number of morpholine rings is 1. The van der Waals surface area contributed by atoms with Crippen molar-refractivity contribution in [1.82, 2.24) is 9.88 Å². The van der Waals surface area contributed by atoms with E-state index in [1.165, 1.54) is 0 Å². The normalized spacial score (nSPS) is 17.3. The van der Waals surface area contributed by atoms with Crippen molar-refractivity contribution in [3.63, 3.8) is 0 Å². The van der Waals surface area contributed by atoms with Crippen LogP contribution >= 0.6 is 11.6 Å². The molecule has 1 fully saturated rings. The van der Waals surface area contributed by atoms with Crippen molar-refractivity contribution in [2.45, 2.75) is 20.0 Å². The zero-order valence-corrected chi connectivity index (χ0v) is 16.2. The molecular weight excluding hydrogens is 360 g/mol. The minimum atomic E-state index is -0.143. The van der Waals surface area contributed by atoms with Gasteiger partial charge in [-0.3, -0.25) is 9.78 Å². The first-order chi connectivity index (χ1) is 13.0. The standard InChI is InChI=1S/C22H21ClN2O2/c1-14-3-8-20-18(11-14)19(12-15(2)24-20)22(26)25-9-10-27-21(13-25)16-4-6-17(23)7-5-16/h3-8,11-12,21H,9-10,13H2,1-2H3. The number of hydrogen-bond donors (Lipinski definition) is 0. The number of pyridine rings is 1. The van der Waals surface area contributed by atoms with Crippen molar-refractivity contribution >= 4 is 28.4 Å². The fourth-order valence-electron chi connectivity index (χ4n) is 3.53. The fourth-order valence-corrected chi connectivity index (χ4v) is 3.66. The highest BCUT2D eigenvalue weighted by molar-refractivity contribution is 6.30. The minimum absolute atomic E-state index is 0.0263. The number of halogens is 1. The van der Waals surface area contributed by atoms with Crippen molar-refractivity contribution in [2.75, 3.05) is 19.7 Å². The molecule has 4 nitrogen and oxygen atoms in total. The molecule has 5 heteroatoms. The Hall–Kier alpha value is -2.43. The quantitative estimate of drug-likeness (QED) is 0.646. The number of carbonyl (C=O) groups is 1. The third kappa shape index (κ3) is 3.68. The van der Waals surface area contributed by atoms with Crippen molar-refractivity contribution in [2.24, 2.45) is 0 Å². The van der Waals surface area contributed by atoms with Crippen LogP contribution in [0.2, 0.25) is 5.02 Å². The van der Waals surface area contributed by atoms with Crippen LogP contribution in [0.3, 0.4) is 0 Å². The lowest BCUT2D eigenvalue weighted by Crippen LogP contribution is -2.42. The van der Waals surface area contributed by atoms with Crippen LogP contribution in [0.5, 0.6) is 0 Å². The maximum atomic E-state index is 13.3. The van der Waals surface area contributed by atoms with Gasteiger partial charge in [-0.2, -0.15) is 0 Å². The molecule has 1 amide bonds. The van der Waals surface area contributed by atoms with E-state index in [1.54, 1.807) is 0 Å². The molecule has 1 saturated heterocycles. The maximum Gasteiger partial charge on any atom is 0.254 e. The van der Waals surface area contributed by atoms with E-state index < -0.39 is 0 Å². The molecule has 27 heavy (non-hydrogen) atoms. The summed E-state index contributed by atoms with van der Waals surface area (Å²) in [6.45, 7) is 5.57. The number of benzene rings is 2. The highest BCUT2D eigenvalue weighted by Crippen LogP contribution is 2.27. The zero-order chi connectivity index (χ0) is 19.0. The molecule has 0 aliphatic carbocycles. The number of aryl methyl sites for hydroxylation is 2. The summed E-state index contributed by atoms with van der Waals surface area (Å²) in [7, 11) is 0. The summed E-state index contributed by atoms with van der Waals surface area (Å²) in [5.41, 5.74) is 4.55. The van der Waals surface area contributed by atoms with Crippen LogP contribution in [0.25, 0.3) is 10.9 Å². The molecule has 2 aromatic carbocycles. The lowest BCUT2D eigenvalue weighted by Gasteiger charge is -2.33. The van der Waals surface area contributed by atoms with Crippen LogP contribution in [0.1, 0.15) is 33.3 Å². The van der Waals surface area contributed by atoms with Crippen LogP contribution in [0.4, 0.5) is 0 Å². The van der Waals surface area contributed by atoms with Crippen molar-refractivity contribution in [3.8, 4) is 0 Å². The second kappa shape index (κ2) is 7.29. The van der Waals surface area contributed by atoms with E-state index in [4.69, 9.17) is 16.3 Å². The van der Waals surface area contributed by atoms with Gasteiger partial charge in [-0.05, 0) is 49.7 Å². The number of ether oxygens (including phenoxy) is 1. The van der Waals surface area contributed by atoms with E-state index in [0.717, 1.165) is 27.7 Å². The maximum absolute atomic E-state index is 13.3. The summed E-state index contributed by atoms with van der Waals surface area (Å²) < 4.78 is 5.90. The Bertz CT molecular complexity index is 1000. The molecule has 138 valence electrons. The molecule has 3 aromatic rings. The molecule has 0 N–H and O–H groups in total. The molecule has 1 aliphatic heterocycles. The van der Waals surface area contributed by atoms with E-state index in [0.29, 0.717) is 30.3 Å². The van der Waals surface area contributed by atoms with Gasteiger partial charge in [-0.1, -0.05) is 35.4 Å². The summed E-state index contributed by atoms with van der Waals surface area (Å²) in [6.07, 6.45) is -0.143. The van der Waals surface area contributed by atoms with Gasteiger partial charge in [0.05, 0.1) is 24.2 Å². The Morgan fingerprint density at radius 3 is 2.70 bits per heavy atom. The van der Waals surface area contributed by atoms with Gasteiger partial charge in [-0.15, -0.1) is 0 Å². The summed E-state index contributed by atoms with van der Waals surface area (Å²) in [6, 6.07) is 15.5. The molecule has 2 heterocycles. The Kier molecular flexibility index (Phi) is 4.85. The van der Waals surface area contributed by atoms with Crippen LogP contribution in [-0.2, 0) is 4.74 Å². The van der Waals surface area contributed by atoms with Crippen molar-refractivity contribution in [1.29, 1.82) is 0 Å². The lowest BCUT2D eigenvalue weighted by molar-refractivity contribution is -0.0227. The van der Waals surface area contributed by atoms with E-state index in [2.05, 4.69) is 4.98 Å². The largest absolute Gasteiger partial charge is 0.370 e. The average molecular weight is 381 g/mol.